The fourth-order valence-electron chi connectivity index (χ4n) is 3.51. The molecule has 4 nitrogen and oxygen atoms in total. The smallest absolute Gasteiger partial charge is 0.229 e. The molecule has 0 bridgehead atoms. The van der Waals surface area contributed by atoms with Gasteiger partial charge in [0, 0.05) is 36.3 Å². The second kappa shape index (κ2) is 8.02. The van der Waals surface area contributed by atoms with Crippen molar-refractivity contribution in [2.24, 2.45) is 5.41 Å². The number of likely N-dealkylation sites (tertiary alicyclic amines) is 1. The summed E-state index contributed by atoms with van der Waals surface area (Å²) in [6, 6.07) is 14.4. The van der Waals surface area contributed by atoms with Crippen LogP contribution in [-0.4, -0.2) is 29.0 Å². The number of hydrogen-bond acceptors (Lipinski definition) is 3. The van der Waals surface area contributed by atoms with Crippen LogP contribution < -0.4 is 5.32 Å². The average Bonchev–Trinajstić information content (AvgIpc) is 2.65. The number of piperidine rings is 1. The monoisotopic (exact) mass is 384 g/mol. The SMILES string of the molecule is CC(C)(C)C(=O)Nc1ccc(F)cc1C1(O)CCN(Cc2ccccc2)CC1. The van der Waals surface area contributed by atoms with E-state index in [2.05, 4.69) is 22.3 Å². The number of hydrogen-bond donors (Lipinski definition) is 2. The maximum atomic E-state index is 14.0. The minimum Gasteiger partial charge on any atom is -0.385 e. The third-order valence-corrected chi connectivity index (χ3v) is 5.34. The molecule has 0 spiro atoms. The van der Waals surface area contributed by atoms with Crippen molar-refractivity contribution in [2.75, 3.05) is 18.4 Å². The lowest BCUT2D eigenvalue weighted by molar-refractivity contribution is -0.123. The first kappa shape index (κ1) is 20.5. The second-order valence-corrected chi connectivity index (χ2v) is 8.69. The third kappa shape index (κ3) is 4.78. The Morgan fingerprint density at radius 1 is 1.14 bits per heavy atom. The molecule has 1 aliphatic rings. The number of carbonyl (C=O) groups excluding carboxylic acids is 1. The van der Waals surface area contributed by atoms with Crippen LogP contribution >= 0.6 is 0 Å². The molecule has 0 radical (unpaired) electrons. The van der Waals surface area contributed by atoms with Gasteiger partial charge in [0.25, 0.3) is 0 Å². The molecule has 150 valence electrons. The number of amides is 1. The molecule has 1 aliphatic heterocycles. The van der Waals surface area contributed by atoms with Gasteiger partial charge in [-0.2, -0.15) is 0 Å². The van der Waals surface area contributed by atoms with Crippen LogP contribution in [0.4, 0.5) is 10.1 Å². The van der Waals surface area contributed by atoms with E-state index in [1.807, 2.05) is 39.0 Å². The van der Waals surface area contributed by atoms with Crippen molar-refractivity contribution < 1.29 is 14.3 Å². The highest BCUT2D eigenvalue weighted by atomic mass is 19.1. The molecule has 1 heterocycles. The average molecular weight is 384 g/mol. The Morgan fingerprint density at radius 3 is 2.39 bits per heavy atom. The zero-order valence-electron chi connectivity index (χ0n) is 16.8. The van der Waals surface area contributed by atoms with E-state index >= 15 is 0 Å². The van der Waals surface area contributed by atoms with Gasteiger partial charge in [-0.1, -0.05) is 51.1 Å². The van der Waals surface area contributed by atoms with Crippen LogP contribution in [-0.2, 0) is 16.9 Å². The molecule has 0 aromatic heterocycles. The van der Waals surface area contributed by atoms with Gasteiger partial charge in [0.15, 0.2) is 0 Å². The van der Waals surface area contributed by atoms with Crippen molar-refractivity contribution in [2.45, 2.75) is 45.8 Å². The van der Waals surface area contributed by atoms with Crippen LogP contribution in [0.1, 0.15) is 44.7 Å². The van der Waals surface area contributed by atoms with E-state index in [4.69, 9.17) is 0 Å². The lowest BCUT2D eigenvalue weighted by atomic mass is 9.83. The number of nitrogens with one attached hydrogen (secondary N) is 1. The molecule has 5 heteroatoms. The Balaban J connectivity index is 1.76. The maximum Gasteiger partial charge on any atom is 0.229 e. The molecule has 2 aromatic rings. The van der Waals surface area contributed by atoms with Gasteiger partial charge in [-0.05, 0) is 36.6 Å². The van der Waals surface area contributed by atoms with Gasteiger partial charge in [0.05, 0.1) is 5.60 Å². The number of benzene rings is 2. The summed E-state index contributed by atoms with van der Waals surface area (Å²) in [5.41, 5.74) is 0.449. The zero-order valence-corrected chi connectivity index (χ0v) is 16.8. The van der Waals surface area contributed by atoms with Crippen molar-refractivity contribution in [3.05, 3.63) is 65.5 Å². The summed E-state index contributed by atoms with van der Waals surface area (Å²) in [6.07, 6.45) is 0.976. The number of halogens is 1. The van der Waals surface area contributed by atoms with Crippen LogP contribution in [0.2, 0.25) is 0 Å². The molecule has 2 N–H and O–H groups in total. The summed E-state index contributed by atoms with van der Waals surface area (Å²) in [6.45, 7) is 7.70. The van der Waals surface area contributed by atoms with Crippen LogP contribution in [0.5, 0.6) is 0 Å². The van der Waals surface area contributed by atoms with Gasteiger partial charge < -0.3 is 10.4 Å². The Morgan fingerprint density at radius 2 is 1.79 bits per heavy atom. The van der Waals surface area contributed by atoms with Crippen molar-refractivity contribution in [1.82, 2.24) is 4.90 Å². The second-order valence-electron chi connectivity index (χ2n) is 8.69. The number of anilines is 1. The highest BCUT2D eigenvalue weighted by Gasteiger charge is 2.37. The predicted molar refractivity (Wildman–Crippen MR) is 109 cm³/mol. The molecule has 1 fully saturated rings. The summed E-state index contributed by atoms with van der Waals surface area (Å²) in [5.74, 6) is -0.575. The maximum absolute atomic E-state index is 14.0. The Kier molecular flexibility index (Phi) is 5.87. The van der Waals surface area contributed by atoms with Crippen molar-refractivity contribution in [3.8, 4) is 0 Å². The standard InChI is InChI=1S/C23H29FN2O2/c1-22(2,3)21(27)25-20-10-9-18(24)15-19(20)23(28)11-13-26(14-12-23)16-17-7-5-4-6-8-17/h4-10,15,28H,11-14,16H2,1-3H3,(H,25,27). The highest BCUT2D eigenvalue weighted by molar-refractivity contribution is 5.95. The summed E-state index contributed by atoms with van der Waals surface area (Å²) >= 11 is 0. The molecule has 28 heavy (non-hydrogen) atoms. The molecule has 0 atom stereocenters. The minimum atomic E-state index is -1.16. The quantitative estimate of drug-likeness (QED) is 0.827. The van der Waals surface area contributed by atoms with E-state index in [9.17, 15) is 14.3 Å². The van der Waals surface area contributed by atoms with Crippen LogP contribution in [0.15, 0.2) is 48.5 Å². The Bertz CT molecular complexity index is 822. The fourth-order valence-corrected chi connectivity index (χ4v) is 3.51. The van der Waals surface area contributed by atoms with Crippen LogP contribution in [0, 0.1) is 11.2 Å². The number of aliphatic hydroxyl groups is 1. The van der Waals surface area contributed by atoms with E-state index < -0.39 is 16.8 Å². The van der Waals surface area contributed by atoms with Crippen LogP contribution in [0.3, 0.4) is 0 Å². The van der Waals surface area contributed by atoms with Gasteiger partial charge in [-0.25, -0.2) is 4.39 Å². The fraction of sp³-hybridized carbons (Fsp3) is 0.435. The molecule has 2 aromatic carbocycles. The van der Waals surface area contributed by atoms with Gasteiger partial charge in [0.2, 0.25) is 5.91 Å². The van der Waals surface area contributed by atoms with Crippen molar-refractivity contribution >= 4 is 11.6 Å². The first-order valence-electron chi connectivity index (χ1n) is 9.77. The molecule has 3 rings (SSSR count). The summed E-state index contributed by atoms with van der Waals surface area (Å²) < 4.78 is 14.0. The van der Waals surface area contributed by atoms with E-state index in [-0.39, 0.29) is 5.91 Å². The summed E-state index contributed by atoms with van der Waals surface area (Å²) in [4.78, 5) is 14.7. The van der Waals surface area contributed by atoms with Gasteiger partial charge in [-0.3, -0.25) is 9.69 Å². The molecular weight excluding hydrogens is 355 g/mol. The lowest BCUT2D eigenvalue weighted by Crippen LogP contribution is -2.43. The molecule has 0 aliphatic carbocycles. The number of nitrogens with zero attached hydrogens (tertiary/aromatic N) is 1. The number of rotatable bonds is 4. The van der Waals surface area contributed by atoms with E-state index in [1.54, 1.807) is 6.07 Å². The van der Waals surface area contributed by atoms with E-state index in [1.165, 1.54) is 17.7 Å². The van der Waals surface area contributed by atoms with Crippen molar-refractivity contribution in [3.63, 3.8) is 0 Å². The topological polar surface area (TPSA) is 52.6 Å². The van der Waals surface area contributed by atoms with Gasteiger partial charge in [0.1, 0.15) is 5.82 Å². The lowest BCUT2D eigenvalue weighted by Gasteiger charge is -2.39. The molecule has 0 unspecified atom stereocenters. The molecule has 1 saturated heterocycles. The van der Waals surface area contributed by atoms with E-state index in [0.717, 1.165) is 6.54 Å². The minimum absolute atomic E-state index is 0.162. The normalized spacial score (nSPS) is 17.3. The van der Waals surface area contributed by atoms with Crippen molar-refractivity contribution in [1.29, 1.82) is 0 Å². The Hall–Kier alpha value is -2.24. The largest absolute Gasteiger partial charge is 0.385 e. The Labute approximate surface area is 166 Å². The summed E-state index contributed by atoms with van der Waals surface area (Å²) in [7, 11) is 0. The highest BCUT2D eigenvalue weighted by Crippen LogP contribution is 2.38. The third-order valence-electron chi connectivity index (χ3n) is 5.34. The molecular formula is C23H29FN2O2. The first-order valence-corrected chi connectivity index (χ1v) is 9.77. The number of carbonyl (C=O) groups is 1. The summed E-state index contributed by atoms with van der Waals surface area (Å²) in [5, 5.41) is 14.2. The first-order chi connectivity index (χ1) is 13.2. The molecule has 1 amide bonds. The van der Waals surface area contributed by atoms with Gasteiger partial charge >= 0.3 is 0 Å². The molecule has 0 saturated carbocycles. The van der Waals surface area contributed by atoms with Gasteiger partial charge in [-0.15, -0.1) is 0 Å². The van der Waals surface area contributed by atoms with Crippen LogP contribution in [0.25, 0.3) is 0 Å². The zero-order chi connectivity index (χ0) is 20.4. The predicted octanol–water partition coefficient (Wildman–Crippen LogP) is 4.29. The van der Waals surface area contributed by atoms with E-state index in [0.29, 0.717) is 37.2 Å².